The van der Waals surface area contributed by atoms with E-state index in [0.717, 1.165) is 5.56 Å². The molecule has 2 aromatic rings. The number of rotatable bonds is 10. The van der Waals surface area contributed by atoms with Crippen molar-refractivity contribution >= 4 is 17.7 Å². The van der Waals surface area contributed by atoms with Crippen LogP contribution in [0.5, 0.6) is 5.75 Å². The average molecular weight is 373 g/mol. The van der Waals surface area contributed by atoms with Gasteiger partial charge >= 0.3 is 5.97 Å². The van der Waals surface area contributed by atoms with Crippen molar-refractivity contribution in [3.63, 3.8) is 0 Å². The first-order valence-electron chi connectivity index (χ1n) is 9.30. The molecule has 3 nitrogen and oxygen atoms in total. The van der Waals surface area contributed by atoms with Crippen LogP contribution in [-0.2, 0) is 9.53 Å². The Labute approximate surface area is 161 Å². The molecular weight excluding hydrogens is 344 g/mol. The van der Waals surface area contributed by atoms with Crippen LogP contribution >= 0.6 is 11.8 Å². The number of ether oxygens (including phenoxy) is 2. The van der Waals surface area contributed by atoms with Crippen molar-refractivity contribution in [1.29, 1.82) is 0 Å². The lowest BCUT2D eigenvalue weighted by Gasteiger charge is -2.13. The highest BCUT2D eigenvalue weighted by Gasteiger charge is 2.15. The van der Waals surface area contributed by atoms with E-state index in [1.165, 1.54) is 35.5 Å². The summed E-state index contributed by atoms with van der Waals surface area (Å²) in [7, 11) is 0. The van der Waals surface area contributed by atoms with Crippen LogP contribution < -0.4 is 4.74 Å². The number of thioether (sulfide) groups is 1. The quantitative estimate of drug-likeness (QED) is 0.292. The fourth-order valence-electron chi connectivity index (χ4n) is 2.52. The van der Waals surface area contributed by atoms with E-state index in [4.69, 9.17) is 9.47 Å². The van der Waals surface area contributed by atoms with Crippen LogP contribution in [0.2, 0.25) is 0 Å². The van der Waals surface area contributed by atoms with Crippen molar-refractivity contribution in [2.75, 3.05) is 12.4 Å². The van der Waals surface area contributed by atoms with Crippen LogP contribution in [0.1, 0.15) is 40.0 Å². The van der Waals surface area contributed by atoms with E-state index in [2.05, 4.69) is 31.2 Å². The fourth-order valence-corrected chi connectivity index (χ4v) is 3.44. The summed E-state index contributed by atoms with van der Waals surface area (Å²) < 4.78 is 10.6. The molecule has 26 heavy (non-hydrogen) atoms. The lowest BCUT2D eigenvalue weighted by molar-refractivity contribution is -0.150. The van der Waals surface area contributed by atoms with Crippen molar-refractivity contribution in [1.82, 2.24) is 0 Å². The van der Waals surface area contributed by atoms with Gasteiger partial charge in [0.1, 0.15) is 5.75 Å². The maximum absolute atomic E-state index is 11.6. The summed E-state index contributed by atoms with van der Waals surface area (Å²) in [6.07, 6.45) is 3.23. The summed E-state index contributed by atoms with van der Waals surface area (Å²) in [5.74, 6) is 1.50. The lowest BCUT2D eigenvalue weighted by atomic mass is 10.1. The van der Waals surface area contributed by atoms with Crippen LogP contribution in [0.4, 0.5) is 0 Å². The van der Waals surface area contributed by atoms with Gasteiger partial charge in [-0.1, -0.05) is 44.0 Å². The fraction of sp³-hybridized carbons (Fsp3) is 0.409. The summed E-state index contributed by atoms with van der Waals surface area (Å²) >= 11 is 1.92. The van der Waals surface area contributed by atoms with E-state index >= 15 is 0 Å². The van der Waals surface area contributed by atoms with Gasteiger partial charge in [0.25, 0.3) is 0 Å². The molecule has 0 heterocycles. The Morgan fingerprint density at radius 1 is 0.962 bits per heavy atom. The molecule has 1 atom stereocenters. The summed E-state index contributed by atoms with van der Waals surface area (Å²) in [6.45, 7) is 6.07. The molecular formula is C22H28O3S. The number of hydrogen-bond acceptors (Lipinski definition) is 4. The highest BCUT2D eigenvalue weighted by atomic mass is 32.2. The zero-order valence-electron chi connectivity index (χ0n) is 15.9. The van der Waals surface area contributed by atoms with Crippen molar-refractivity contribution in [2.45, 2.75) is 51.0 Å². The molecule has 0 saturated carbocycles. The van der Waals surface area contributed by atoms with Crippen molar-refractivity contribution in [3.05, 3.63) is 48.5 Å². The normalized spacial score (nSPS) is 11.8. The van der Waals surface area contributed by atoms with Gasteiger partial charge in [0.15, 0.2) is 6.10 Å². The minimum absolute atomic E-state index is 0.344. The van der Waals surface area contributed by atoms with Gasteiger partial charge in [0.05, 0.1) is 6.61 Å². The van der Waals surface area contributed by atoms with Crippen LogP contribution in [0.25, 0.3) is 11.1 Å². The van der Waals surface area contributed by atoms with E-state index in [9.17, 15) is 4.79 Å². The van der Waals surface area contributed by atoms with Gasteiger partial charge < -0.3 is 9.47 Å². The first-order chi connectivity index (χ1) is 12.6. The predicted octanol–water partition coefficient (Wildman–Crippen LogP) is 5.97. The maximum Gasteiger partial charge on any atom is 0.347 e. The first kappa shape index (κ1) is 20.4. The Bertz CT molecular complexity index is 665. The molecule has 0 saturated heterocycles. The molecule has 0 N–H and O–H groups in total. The SMILES string of the molecule is CCCCCSc1ccc(-c2ccc(O[C@H](C)C(=O)OCC)cc2)cc1. The molecule has 4 heteroatoms. The van der Waals surface area contributed by atoms with Gasteiger partial charge in [0.2, 0.25) is 0 Å². The topological polar surface area (TPSA) is 35.5 Å². The van der Waals surface area contributed by atoms with Gasteiger partial charge in [-0.3, -0.25) is 0 Å². The zero-order chi connectivity index (χ0) is 18.8. The molecule has 2 rings (SSSR count). The van der Waals surface area contributed by atoms with Crippen LogP contribution in [0, 0.1) is 0 Å². The number of hydrogen-bond donors (Lipinski definition) is 0. The smallest absolute Gasteiger partial charge is 0.347 e. The van der Waals surface area contributed by atoms with E-state index < -0.39 is 6.10 Å². The van der Waals surface area contributed by atoms with Crippen LogP contribution in [0.15, 0.2) is 53.4 Å². The lowest BCUT2D eigenvalue weighted by Crippen LogP contribution is -2.25. The third-order valence-corrected chi connectivity index (χ3v) is 5.09. The molecule has 0 aliphatic carbocycles. The summed E-state index contributed by atoms with van der Waals surface area (Å²) in [4.78, 5) is 12.9. The third-order valence-electron chi connectivity index (χ3n) is 3.99. The second kappa shape index (κ2) is 10.9. The van der Waals surface area contributed by atoms with Gasteiger partial charge in [-0.2, -0.15) is 0 Å². The Kier molecular flexibility index (Phi) is 8.56. The van der Waals surface area contributed by atoms with Crippen molar-refractivity contribution in [3.8, 4) is 16.9 Å². The molecule has 0 aromatic heterocycles. The zero-order valence-corrected chi connectivity index (χ0v) is 16.7. The molecule has 140 valence electrons. The van der Waals surface area contributed by atoms with Gasteiger partial charge in [-0.25, -0.2) is 4.79 Å². The number of unbranched alkanes of at least 4 members (excludes halogenated alkanes) is 2. The predicted molar refractivity (Wildman–Crippen MR) is 109 cm³/mol. The number of carbonyl (C=O) groups is 1. The van der Waals surface area contributed by atoms with Crippen LogP contribution in [0.3, 0.4) is 0 Å². The van der Waals surface area contributed by atoms with Gasteiger partial charge in [-0.15, -0.1) is 11.8 Å². The average Bonchev–Trinajstić information content (AvgIpc) is 2.66. The van der Waals surface area contributed by atoms with E-state index in [1.807, 2.05) is 36.0 Å². The second-order valence-electron chi connectivity index (χ2n) is 6.12. The molecule has 0 amide bonds. The number of carbonyl (C=O) groups excluding carboxylic acids is 1. The van der Waals surface area contributed by atoms with E-state index in [0.29, 0.717) is 12.4 Å². The Hall–Kier alpha value is -1.94. The molecule has 0 unspecified atom stereocenters. The van der Waals surface area contributed by atoms with Crippen LogP contribution in [-0.4, -0.2) is 24.4 Å². The molecule has 0 aliphatic heterocycles. The Morgan fingerprint density at radius 3 is 2.15 bits per heavy atom. The highest BCUT2D eigenvalue weighted by Crippen LogP contribution is 2.26. The molecule has 0 spiro atoms. The van der Waals surface area contributed by atoms with E-state index in [1.54, 1.807) is 13.8 Å². The third kappa shape index (κ3) is 6.41. The summed E-state index contributed by atoms with van der Waals surface area (Å²) in [6, 6.07) is 16.5. The maximum atomic E-state index is 11.6. The number of benzene rings is 2. The minimum Gasteiger partial charge on any atom is -0.479 e. The Balaban J connectivity index is 1.92. The highest BCUT2D eigenvalue weighted by molar-refractivity contribution is 7.99. The van der Waals surface area contributed by atoms with Crippen molar-refractivity contribution in [2.24, 2.45) is 0 Å². The van der Waals surface area contributed by atoms with Gasteiger partial charge in [-0.05, 0) is 61.4 Å². The largest absolute Gasteiger partial charge is 0.479 e. The minimum atomic E-state index is -0.607. The molecule has 0 aliphatic rings. The van der Waals surface area contributed by atoms with E-state index in [-0.39, 0.29) is 5.97 Å². The monoisotopic (exact) mass is 372 g/mol. The molecule has 0 bridgehead atoms. The molecule has 0 radical (unpaired) electrons. The summed E-state index contributed by atoms with van der Waals surface area (Å²) in [5.41, 5.74) is 2.30. The Morgan fingerprint density at radius 2 is 1.58 bits per heavy atom. The standard InChI is InChI=1S/C22H28O3S/c1-4-6-7-16-26-21-14-10-19(11-15-21)18-8-12-20(13-9-18)25-17(3)22(23)24-5-2/h8-15,17H,4-7,16H2,1-3H3/t17-/m1/s1. The molecule has 0 fully saturated rings. The molecule has 2 aromatic carbocycles. The number of esters is 1. The second-order valence-corrected chi connectivity index (χ2v) is 7.28. The van der Waals surface area contributed by atoms with Gasteiger partial charge in [0, 0.05) is 4.90 Å². The summed E-state index contributed by atoms with van der Waals surface area (Å²) in [5, 5.41) is 0. The first-order valence-corrected chi connectivity index (χ1v) is 10.3. The van der Waals surface area contributed by atoms with Crippen molar-refractivity contribution < 1.29 is 14.3 Å².